The van der Waals surface area contributed by atoms with Gasteiger partial charge >= 0.3 is 19.4 Å². The van der Waals surface area contributed by atoms with E-state index in [1.165, 1.54) is 11.5 Å². The van der Waals surface area contributed by atoms with Gasteiger partial charge in [-0.3, -0.25) is 18.7 Å². The number of amides is 1. The van der Waals surface area contributed by atoms with Gasteiger partial charge in [0.15, 0.2) is 0 Å². The molecule has 1 aliphatic rings. The fourth-order valence-electron chi connectivity index (χ4n) is 4.89. The second-order valence-electron chi connectivity index (χ2n) is 11.2. The minimum atomic E-state index is -4.06. The molecule has 1 saturated heterocycles. The van der Waals surface area contributed by atoms with Crippen molar-refractivity contribution < 1.29 is 32.7 Å². The fourth-order valence-corrected chi connectivity index (χ4v) is 6.41. The average molecular weight is 621 g/mol. The maximum atomic E-state index is 13.8. The summed E-state index contributed by atoms with van der Waals surface area (Å²) in [5.41, 5.74) is -0.559. The third kappa shape index (κ3) is 10.3. The van der Waals surface area contributed by atoms with Crippen LogP contribution in [0.2, 0.25) is 0 Å². The van der Waals surface area contributed by atoms with Gasteiger partial charge in [-0.15, -0.1) is 0 Å². The Balaban J connectivity index is 1.67. The topological polar surface area (TPSA) is 147 Å². The van der Waals surface area contributed by atoms with Crippen molar-refractivity contribution in [2.75, 3.05) is 11.9 Å². The number of hydrogen-bond donors (Lipinski definition) is 2. The number of nitrogens with one attached hydrogen (secondary N) is 2. The highest BCUT2D eigenvalue weighted by Gasteiger charge is 2.38. The number of benzene rings is 1. The number of aromatic nitrogens is 2. The quantitative estimate of drug-likeness (QED) is 0.183. The lowest BCUT2D eigenvalue weighted by Crippen LogP contribution is -2.36. The van der Waals surface area contributed by atoms with Crippen molar-refractivity contribution in [3.63, 3.8) is 0 Å². The van der Waals surface area contributed by atoms with Crippen LogP contribution in [0.15, 0.2) is 47.4 Å². The molecule has 238 valence electrons. The number of nitrogens with zero attached hydrogens (tertiary/aromatic N) is 2. The summed E-state index contributed by atoms with van der Waals surface area (Å²) in [4.78, 5) is 42.1. The molecule has 1 amide bonds. The van der Waals surface area contributed by atoms with Crippen LogP contribution in [0.3, 0.4) is 0 Å². The van der Waals surface area contributed by atoms with Crippen molar-refractivity contribution in [3.8, 4) is 5.75 Å². The van der Waals surface area contributed by atoms with Crippen molar-refractivity contribution in [1.82, 2.24) is 14.6 Å². The molecular weight excluding hydrogens is 575 g/mol. The Hall–Kier alpha value is -3.05. The van der Waals surface area contributed by atoms with Crippen LogP contribution in [0.1, 0.15) is 79.9 Å². The second-order valence-corrected chi connectivity index (χ2v) is 12.9. The minimum absolute atomic E-state index is 0.102. The van der Waals surface area contributed by atoms with E-state index in [4.69, 9.17) is 18.5 Å². The molecule has 2 aromatic rings. The summed E-state index contributed by atoms with van der Waals surface area (Å²) in [7, 11) is -4.06. The molecule has 0 spiro atoms. The molecule has 5 atom stereocenters. The molecule has 2 N–H and O–H groups in total. The highest BCUT2D eigenvalue weighted by molar-refractivity contribution is 7.52. The van der Waals surface area contributed by atoms with Gasteiger partial charge < -0.3 is 19.3 Å². The van der Waals surface area contributed by atoms with E-state index in [1.54, 1.807) is 56.4 Å². The van der Waals surface area contributed by atoms with Crippen LogP contribution in [-0.2, 0) is 28.2 Å². The maximum absolute atomic E-state index is 13.8. The zero-order chi connectivity index (χ0) is 31.6. The summed E-state index contributed by atoms with van der Waals surface area (Å²) in [5.74, 6) is -0.476. The Kier molecular flexibility index (Phi) is 12.9. The van der Waals surface area contributed by atoms with Gasteiger partial charge in [0.05, 0.1) is 18.8 Å². The number of carbonyl (C=O) groups is 2. The van der Waals surface area contributed by atoms with Gasteiger partial charge in [-0.25, -0.2) is 9.36 Å². The summed E-state index contributed by atoms with van der Waals surface area (Å²) >= 11 is 0. The Labute approximate surface area is 253 Å². The first-order valence-electron chi connectivity index (χ1n) is 15.0. The van der Waals surface area contributed by atoms with E-state index in [2.05, 4.69) is 15.4 Å². The zero-order valence-corrected chi connectivity index (χ0v) is 26.8. The molecule has 0 bridgehead atoms. The van der Waals surface area contributed by atoms with Crippen LogP contribution >= 0.6 is 7.75 Å². The van der Waals surface area contributed by atoms with E-state index < -0.39 is 37.8 Å². The molecule has 43 heavy (non-hydrogen) atoms. The van der Waals surface area contributed by atoms with Gasteiger partial charge in [0, 0.05) is 18.0 Å². The first-order valence-corrected chi connectivity index (χ1v) is 16.5. The molecule has 0 radical (unpaired) electrons. The number of rotatable bonds is 16. The summed E-state index contributed by atoms with van der Waals surface area (Å²) in [6.07, 6.45) is 3.86. The van der Waals surface area contributed by atoms with E-state index in [0.717, 1.165) is 25.7 Å². The van der Waals surface area contributed by atoms with E-state index >= 15 is 0 Å². The Morgan fingerprint density at radius 2 is 1.79 bits per heavy atom. The molecular formula is C30H45N4O8P. The summed E-state index contributed by atoms with van der Waals surface area (Å²) in [6, 6.07) is 9.08. The number of carbonyl (C=O) groups excluding carboxylic acids is 2. The van der Waals surface area contributed by atoms with Crippen LogP contribution < -0.4 is 20.6 Å². The molecule has 1 aromatic heterocycles. The molecule has 3 rings (SSSR count). The van der Waals surface area contributed by atoms with Crippen LogP contribution in [-0.4, -0.2) is 46.3 Å². The monoisotopic (exact) mass is 620 g/mol. The van der Waals surface area contributed by atoms with Crippen LogP contribution in [0.5, 0.6) is 5.75 Å². The van der Waals surface area contributed by atoms with Crippen molar-refractivity contribution in [3.05, 3.63) is 53.1 Å². The molecule has 0 saturated carbocycles. The molecule has 1 fully saturated rings. The molecule has 13 heteroatoms. The number of hydrogen-bond acceptors (Lipinski definition) is 9. The maximum Gasteiger partial charge on any atom is 0.459 e. The average Bonchev–Trinajstić information content (AvgIpc) is 3.32. The number of para-hydroxylation sites is 1. The molecule has 1 aliphatic heterocycles. The summed E-state index contributed by atoms with van der Waals surface area (Å²) < 4.78 is 37.9. The largest absolute Gasteiger partial charge is 0.462 e. The normalized spacial score (nSPS) is 20.5. The van der Waals surface area contributed by atoms with E-state index in [1.807, 2.05) is 20.8 Å². The highest BCUT2D eigenvalue weighted by atomic mass is 31.2. The standard InChI is InChI=1S/C30H45N4O8P/c1-7-12-23(13-8-2)27(35)31-26-16-17-34(30(37)32-26)28-21(5)18-25(41-28)19-39-43(38,42-24-14-10-9-11-15-24)33-22(6)29(36)40-20(3)4/h9-11,14-17,20-23,25,28H,7-8,12-13,18-19H2,1-6H3,(H,33,38)(H,31,32,35,37). The van der Waals surface area contributed by atoms with Gasteiger partial charge in [-0.05, 0) is 58.2 Å². The lowest BCUT2D eigenvalue weighted by atomic mass is 9.97. The predicted molar refractivity (Wildman–Crippen MR) is 163 cm³/mol. The lowest BCUT2D eigenvalue weighted by molar-refractivity contribution is -0.149. The predicted octanol–water partition coefficient (Wildman–Crippen LogP) is 5.46. The Morgan fingerprint density at radius 1 is 1.12 bits per heavy atom. The molecule has 2 heterocycles. The van der Waals surface area contributed by atoms with Gasteiger partial charge in [-0.2, -0.15) is 10.1 Å². The van der Waals surface area contributed by atoms with Crippen molar-refractivity contribution in [2.24, 2.45) is 11.8 Å². The van der Waals surface area contributed by atoms with E-state index in [9.17, 15) is 18.9 Å². The number of ether oxygens (including phenoxy) is 2. The van der Waals surface area contributed by atoms with Crippen molar-refractivity contribution >= 4 is 25.4 Å². The molecule has 1 aromatic carbocycles. The van der Waals surface area contributed by atoms with Gasteiger partial charge in [-0.1, -0.05) is 51.8 Å². The third-order valence-electron chi connectivity index (χ3n) is 6.91. The third-order valence-corrected chi connectivity index (χ3v) is 8.55. The van der Waals surface area contributed by atoms with Gasteiger partial charge in [0.2, 0.25) is 5.91 Å². The minimum Gasteiger partial charge on any atom is -0.462 e. The first kappa shape index (κ1) is 34.4. The molecule has 5 unspecified atom stereocenters. The first-order chi connectivity index (χ1) is 20.4. The smallest absolute Gasteiger partial charge is 0.459 e. The van der Waals surface area contributed by atoms with Gasteiger partial charge in [0.25, 0.3) is 0 Å². The fraction of sp³-hybridized carbons (Fsp3) is 0.600. The summed E-state index contributed by atoms with van der Waals surface area (Å²) in [6.45, 7) is 10.8. The van der Waals surface area contributed by atoms with Gasteiger partial charge in [0.1, 0.15) is 23.8 Å². The van der Waals surface area contributed by atoms with E-state index in [0.29, 0.717) is 12.2 Å². The molecule has 0 aliphatic carbocycles. The van der Waals surface area contributed by atoms with Crippen LogP contribution in [0.25, 0.3) is 0 Å². The highest BCUT2D eigenvalue weighted by Crippen LogP contribution is 2.46. The van der Waals surface area contributed by atoms with Crippen molar-refractivity contribution in [1.29, 1.82) is 0 Å². The lowest BCUT2D eigenvalue weighted by Gasteiger charge is -2.24. The zero-order valence-electron chi connectivity index (χ0n) is 25.9. The molecule has 12 nitrogen and oxygen atoms in total. The Bertz CT molecular complexity index is 1300. The van der Waals surface area contributed by atoms with Crippen molar-refractivity contribution in [2.45, 2.75) is 98.1 Å². The van der Waals surface area contributed by atoms with Crippen LogP contribution in [0, 0.1) is 11.8 Å². The SMILES string of the molecule is CCCC(CCC)C(=O)Nc1ccn(C2OC(COP(=O)(NC(C)C(=O)OC(C)C)Oc3ccccc3)CC2C)c(=O)n1. The number of esters is 1. The van der Waals surface area contributed by atoms with E-state index in [-0.39, 0.29) is 36.3 Å². The van der Waals surface area contributed by atoms with Crippen LogP contribution in [0.4, 0.5) is 5.82 Å². The number of anilines is 1. The Morgan fingerprint density at radius 3 is 2.40 bits per heavy atom. The second kappa shape index (κ2) is 16.1. The summed E-state index contributed by atoms with van der Waals surface area (Å²) in [5, 5.41) is 5.43.